The van der Waals surface area contributed by atoms with Gasteiger partial charge >= 0.3 is 0 Å². The lowest BCUT2D eigenvalue weighted by atomic mass is 10.0. The van der Waals surface area contributed by atoms with Gasteiger partial charge in [0.1, 0.15) is 42.3 Å². The monoisotopic (exact) mass is 1120 g/mol. The number of hydrazine groups is 1. The van der Waals surface area contributed by atoms with Crippen molar-refractivity contribution in [3.8, 4) is 0 Å². The number of thioether (sulfide) groups is 1. The number of hydrogen-bond donors (Lipinski definition) is 13. The van der Waals surface area contributed by atoms with Crippen molar-refractivity contribution in [1.82, 2.24) is 62.5 Å². The third-order valence-electron chi connectivity index (χ3n) is 12.4. The molecule has 0 bridgehead atoms. The molecule has 16 N–H and O–H groups in total. The Morgan fingerprint density at radius 3 is 1.89 bits per heavy atom. The SMILES string of the molecule is CSCC[C@@H](C(N)=O)N(N)C(=O)[C@H](CC(C)C)NC(=O)[C@H](Cc1cnc[nH]1)NC(=O)CNC(=O)[C@@H](NC(=O)[C@H](C)NC(=O)[C@H](Cc1c[nH]c2ccccc12)NC(=O)[C@H](CCC(N)=O)NC(=O)CNC(=O)c1ccccc1)C(C)C. The average Bonchev–Trinajstić information content (AvgIpc) is 4.11. The van der Waals surface area contributed by atoms with Crippen LogP contribution < -0.4 is 59.8 Å². The molecular formula is C52H73N15O11S. The van der Waals surface area contributed by atoms with E-state index < -0.39 is 126 Å². The second-order valence-electron chi connectivity index (χ2n) is 19.5. The number of aromatic nitrogens is 3. The molecule has 4 aromatic rings. The molecule has 0 spiro atoms. The van der Waals surface area contributed by atoms with Crippen LogP contribution in [0.15, 0.2) is 73.3 Å². The van der Waals surface area contributed by atoms with E-state index in [1.807, 2.05) is 26.2 Å². The zero-order chi connectivity index (χ0) is 58.3. The molecule has 0 aliphatic carbocycles. The summed E-state index contributed by atoms with van der Waals surface area (Å²) < 4.78 is 0. The zero-order valence-corrected chi connectivity index (χ0v) is 45.8. The number of hydrogen-bond acceptors (Lipinski definition) is 14. The number of primary amides is 2. The Morgan fingerprint density at radius 1 is 0.658 bits per heavy atom. The summed E-state index contributed by atoms with van der Waals surface area (Å²) in [5.74, 6) is -2.74. The number of amides is 11. The minimum absolute atomic E-state index is 0.112. The molecule has 79 heavy (non-hydrogen) atoms. The predicted octanol–water partition coefficient (Wildman–Crippen LogP) is -1.57. The second kappa shape index (κ2) is 31.2. The number of imidazole rings is 1. The lowest BCUT2D eigenvalue weighted by molar-refractivity contribution is -0.143. The third kappa shape index (κ3) is 20.2. The van der Waals surface area contributed by atoms with Gasteiger partial charge in [0, 0.05) is 53.8 Å². The van der Waals surface area contributed by atoms with Crippen LogP contribution in [0.5, 0.6) is 0 Å². The number of aromatic amines is 2. The van der Waals surface area contributed by atoms with Gasteiger partial charge in [-0.25, -0.2) is 10.8 Å². The maximum Gasteiger partial charge on any atom is 0.259 e. The number of carbonyl (C=O) groups excluding carboxylic acids is 11. The molecule has 2 aromatic carbocycles. The molecule has 0 radical (unpaired) electrons. The summed E-state index contributed by atoms with van der Waals surface area (Å²) in [5.41, 5.74) is 13.0. The average molecular weight is 1120 g/mol. The summed E-state index contributed by atoms with van der Waals surface area (Å²) in [7, 11) is 0. The van der Waals surface area contributed by atoms with Crippen LogP contribution in [0.4, 0.5) is 0 Å². The molecule has 2 aromatic heterocycles. The van der Waals surface area contributed by atoms with Gasteiger partial charge in [-0.3, -0.25) is 57.7 Å². The van der Waals surface area contributed by atoms with Gasteiger partial charge in [0.2, 0.25) is 53.2 Å². The van der Waals surface area contributed by atoms with Crippen molar-refractivity contribution in [2.24, 2.45) is 29.1 Å². The van der Waals surface area contributed by atoms with Crippen molar-refractivity contribution in [2.45, 2.75) is 115 Å². The lowest BCUT2D eigenvalue weighted by Gasteiger charge is -2.30. The van der Waals surface area contributed by atoms with Crippen molar-refractivity contribution in [3.63, 3.8) is 0 Å². The normalized spacial score (nSPS) is 13.8. The number of benzene rings is 2. The summed E-state index contributed by atoms with van der Waals surface area (Å²) in [6.45, 7) is 7.02. The Bertz CT molecular complexity index is 2760. The molecule has 0 saturated carbocycles. The number of fused-ring (bicyclic) bond motifs is 1. The second-order valence-corrected chi connectivity index (χ2v) is 20.5. The highest BCUT2D eigenvalue weighted by Crippen LogP contribution is 2.20. The van der Waals surface area contributed by atoms with Crippen LogP contribution in [-0.2, 0) is 60.8 Å². The molecule has 428 valence electrons. The number of H-pyrrole nitrogens is 2. The Hall–Kier alpha value is -8.33. The van der Waals surface area contributed by atoms with E-state index in [0.717, 1.165) is 15.9 Å². The van der Waals surface area contributed by atoms with Gasteiger partial charge in [-0.05, 0) is 73.8 Å². The first kappa shape index (κ1) is 63.2. The molecule has 2 heterocycles. The van der Waals surface area contributed by atoms with Crippen LogP contribution in [0.2, 0.25) is 0 Å². The Labute approximate surface area is 461 Å². The number of rotatable bonds is 32. The number of nitrogens with zero attached hydrogens (tertiary/aromatic N) is 2. The highest BCUT2D eigenvalue weighted by Gasteiger charge is 2.35. The van der Waals surface area contributed by atoms with Crippen molar-refractivity contribution in [2.75, 3.05) is 25.1 Å². The molecule has 0 saturated heterocycles. The molecular weight excluding hydrogens is 1040 g/mol. The topological polar surface area (TPSA) is 410 Å². The zero-order valence-electron chi connectivity index (χ0n) is 45.0. The van der Waals surface area contributed by atoms with Crippen molar-refractivity contribution in [1.29, 1.82) is 0 Å². The molecule has 26 nitrogen and oxygen atoms in total. The quantitative estimate of drug-likeness (QED) is 0.0149. The molecule has 27 heteroatoms. The summed E-state index contributed by atoms with van der Waals surface area (Å²) in [4.78, 5) is 156. The van der Waals surface area contributed by atoms with Crippen molar-refractivity contribution >= 4 is 87.6 Å². The summed E-state index contributed by atoms with van der Waals surface area (Å²) >= 11 is 1.42. The summed E-state index contributed by atoms with van der Waals surface area (Å²) in [5, 5.41) is 21.9. The maximum absolute atomic E-state index is 14.2. The number of nitrogens with two attached hydrogens (primary N) is 3. The lowest BCUT2D eigenvalue weighted by Crippen LogP contribution is -2.61. The van der Waals surface area contributed by atoms with Gasteiger partial charge in [0.05, 0.1) is 19.4 Å². The van der Waals surface area contributed by atoms with E-state index in [9.17, 15) is 52.7 Å². The van der Waals surface area contributed by atoms with E-state index in [1.54, 1.807) is 68.6 Å². The molecule has 7 atom stereocenters. The molecule has 0 fully saturated rings. The minimum Gasteiger partial charge on any atom is -0.370 e. The predicted molar refractivity (Wildman–Crippen MR) is 293 cm³/mol. The molecule has 0 unspecified atom stereocenters. The van der Waals surface area contributed by atoms with Gasteiger partial charge in [-0.1, -0.05) is 64.1 Å². The molecule has 0 aliphatic heterocycles. The van der Waals surface area contributed by atoms with E-state index in [0.29, 0.717) is 17.0 Å². The molecule has 0 aliphatic rings. The first-order valence-corrected chi connectivity index (χ1v) is 27.0. The number of nitrogens with one attached hydrogen (secondary N) is 10. The van der Waals surface area contributed by atoms with E-state index in [4.69, 9.17) is 17.3 Å². The first-order valence-electron chi connectivity index (χ1n) is 25.6. The van der Waals surface area contributed by atoms with Crippen LogP contribution in [0.25, 0.3) is 10.9 Å². The standard InChI is InChI=1S/C52H73N15O11S/c1-28(2)20-39(52(78)67(55)40(45(54)71)18-19-79-6)65-50(76)38(22-33-24-56-27-60-33)63-43(70)26-59-51(77)44(29(3)4)66-46(72)30(5)61-49(75)37(21-32-23-57-35-15-11-10-14-34(32)35)64-48(74)36(16-17-41(53)68)62-42(69)25-58-47(73)31-12-8-7-9-13-31/h7-15,23-24,27-30,36-40,44,57H,16-22,25-26,55H2,1-6H3,(H2,53,68)(H2,54,71)(H,56,60)(H,58,73)(H,59,77)(H,61,75)(H,62,69)(H,63,70)(H,64,74)(H,65,76)(H,66,72)/t30-,36-,37-,38-,39-,40-,44-/m0/s1. The van der Waals surface area contributed by atoms with Crippen LogP contribution in [0.3, 0.4) is 0 Å². The van der Waals surface area contributed by atoms with Gasteiger partial charge < -0.3 is 64.0 Å². The Kier molecular flexibility index (Phi) is 24.9. The fraction of sp³-hybridized carbons (Fsp3) is 0.462. The van der Waals surface area contributed by atoms with E-state index >= 15 is 0 Å². The van der Waals surface area contributed by atoms with Gasteiger partial charge in [-0.2, -0.15) is 11.8 Å². The molecule has 11 amide bonds. The highest BCUT2D eigenvalue weighted by molar-refractivity contribution is 7.98. The van der Waals surface area contributed by atoms with Crippen LogP contribution >= 0.6 is 11.8 Å². The number of carbonyl (C=O) groups is 11. The van der Waals surface area contributed by atoms with Crippen molar-refractivity contribution in [3.05, 3.63) is 90.1 Å². The smallest absolute Gasteiger partial charge is 0.259 e. The maximum atomic E-state index is 14.2. The Balaban J connectivity index is 1.45. The fourth-order valence-electron chi connectivity index (χ4n) is 8.14. The summed E-state index contributed by atoms with van der Waals surface area (Å²) in [6, 6.07) is 6.20. The fourth-order valence-corrected chi connectivity index (χ4v) is 8.60. The van der Waals surface area contributed by atoms with Crippen molar-refractivity contribution < 1.29 is 52.7 Å². The largest absolute Gasteiger partial charge is 0.370 e. The minimum atomic E-state index is -1.40. The Morgan fingerprint density at radius 2 is 1.27 bits per heavy atom. The van der Waals surface area contributed by atoms with Crippen LogP contribution in [0, 0.1) is 11.8 Å². The third-order valence-corrected chi connectivity index (χ3v) is 13.0. The first-order chi connectivity index (χ1) is 37.5. The van der Waals surface area contributed by atoms with Gasteiger partial charge in [0.25, 0.3) is 11.8 Å². The van der Waals surface area contributed by atoms with Crippen LogP contribution in [-0.4, -0.2) is 152 Å². The van der Waals surface area contributed by atoms with Gasteiger partial charge in [0.15, 0.2) is 0 Å². The number of para-hydroxylation sites is 1. The van der Waals surface area contributed by atoms with E-state index in [1.165, 1.54) is 31.2 Å². The van der Waals surface area contributed by atoms with Gasteiger partial charge in [-0.15, -0.1) is 0 Å². The van der Waals surface area contributed by atoms with Crippen LogP contribution in [0.1, 0.15) is 81.9 Å². The highest BCUT2D eigenvalue weighted by atomic mass is 32.2. The van der Waals surface area contributed by atoms with E-state index in [-0.39, 0.29) is 50.0 Å². The van der Waals surface area contributed by atoms with E-state index in [2.05, 4.69) is 57.5 Å². The summed E-state index contributed by atoms with van der Waals surface area (Å²) in [6.07, 6.45) is 5.70. The molecule has 4 rings (SSSR count).